The summed E-state index contributed by atoms with van der Waals surface area (Å²) in [7, 11) is 1.79. The van der Waals surface area contributed by atoms with E-state index >= 15 is 0 Å². The zero-order valence-corrected chi connectivity index (χ0v) is 18.0. The summed E-state index contributed by atoms with van der Waals surface area (Å²) in [5, 5.41) is 9.42. The van der Waals surface area contributed by atoms with Crippen LogP contribution in [0.2, 0.25) is 0 Å². The lowest BCUT2D eigenvalue weighted by molar-refractivity contribution is 0.0696. The van der Waals surface area contributed by atoms with E-state index in [9.17, 15) is 14.7 Å². The van der Waals surface area contributed by atoms with Gasteiger partial charge in [0.15, 0.2) is 0 Å². The van der Waals surface area contributed by atoms with E-state index in [-0.39, 0.29) is 11.5 Å². The number of pyridine rings is 1. The van der Waals surface area contributed by atoms with Crippen LogP contribution in [0, 0.1) is 0 Å². The van der Waals surface area contributed by atoms with Gasteiger partial charge in [-0.1, -0.05) is 30.3 Å². The molecular formula is C25H26N4O3. The summed E-state index contributed by atoms with van der Waals surface area (Å²) in [5.41, 5.74) is 2.88. The van der Waals surface area contributed by atoms with Crippen LogP contribution in [0.3, 0.4) is 0 Å². The Kier molecular flexibility index (Phi) is 6.47. The van der Waals surface area contributed by atoms with Crippen molar-refractivity contribution in [3.8, 4) is 0 Å². The average Bonchev–Trinajstić information content (AvgIpc) is 2.84. The number of aromatic carboxylic acids is 1. The number of anilines is 2. The van der Waals surface area contributed by atoms with E-state index in [2.05, 4.69) is 22.0 Å². The number of hydrogen-bond donors (Lipinski definition) is 1. The maximum absolute atomic E-state index is 12.8. The highest BCUT2D eigenvalue weighted by atomic mass is 16.4. The molecule has 0 radical (unpaired) electrons. The summed E-state index contributed by atoms with van der Waals surface area (Å²) < 4.78 is 0. The van der Waals surface area contributed by atoms with Gasteiger partial charge in [-0.15, -0.1) is 0 Å². The molecule has 7 heteroatoms. The predicted molar refractivity (Wildman–Crippen MR) is 124 cm³/mol. The molecule has 164 valence electrons. The first-order chi connectivity index (χ1) is 15.5. The minimum atomic E-state index is -0.957. The van der Waals surface area contributed by atoms with Gasteiger partial charge in [0.25, 0.3) is 5.91 Å². The van der Waals surface area contributed by atoms with E-state index in [1.165, 1.54) is 0 Å². The highest BCUT2D eigenvalue weighted by Gasteiger charge is 2.22. The van der Waals surface area contributed by atoms with Gasteiger partial charge in [0.2, 0.25) is 0 Å². The van der Waals surface area contributed by atoms with Gasteiger partial charge in [-0.25, -0.2) is 9.78 Å². The third kappa shape index (κ3) is 4.78. The fourth-order valence-corrected chi connectivity index (χ4v) is 3.95. The van der Waals surface area contributed by atoms with Crippen molar-refractivity contribution in [2.75, 3.05) is 43.0 Å². The normalized spacial score (nSPS) is 14.2. The number of carbonyl (C=O) groups is 2. The van der Waals surface area contributed by atoms with E-state index in [0.717, 1.165) is 30.9 Å². The van der Waals surface area contributed by atoms with Crippen molar-refractivity contribution < 1.29 is 14.7 Å². The van der Waals surface area contributed by atoms with Crippen LogP contribution in [0.5, 0.6) is 0 Å². The molecule has 2 heterocycles. The number of carboxylic acid groups (broad SMARTS) is 1. The maximum atomic E-state index is 12.8. The van der Waals surface area contributed by atoms with E-state index in [1.807, 2.05) is 47.4 Å². The van der Waals surface area contributed by atoms with Crippen molar-refractivity contribution in [3.63, 3.8) is 0 Å². The summed E-state index contributed by atoms with van der Waals surface area (Å²) in [4.78, 5) is 34.6. The summed E-state index contributed by atoms with van der Waals surface area (Å²) in [6.45, 7) is 3.80. The van der Waals surface area contributed by atoms with Crippen LogP contribution in [0.4, 0.5) is 11.5 Å². The molecule has 0 aliphatic carbocycles. The van der Waals surface area contributed by atoms with Gasteiger partial charge < -0.3 is 14.9 Å². The number of carboxylic acids is 1. The monoisotopic (exact) mass is 430 g/mol. The zero-order chi connectivity index (χ0) is 22.5. The fraction of sp³-hybridized carbons (Fsp3) is 0.240. The van der Waals surface area contributed by atoms with Crippen molar-refractivity contribution >= 4 is 23.4 Å². The molecule has 0 bridgehead atoms. The highest BCUT2D eigenvalue weighted by molar-refractivity contribution is 6.05. The third-order valence-electron chi connectivity index (χ3n) is 5.72. The van der Waals surface area contributed by atoms with Crippen LogP contribution in [-0.2, 0) is 6.54 Å². The average molecular weight is 431 g/mol. The number of aromatic nitrogens is 1. The topological polar surface area (TPSA) is 77.0 Å². The summed E-state index contributed by atoms with van der Waals surface area (Å²) >= 11 is 0. The van der Waals surface area contributed by atoms with Gasteiger partial charge in [-0.05, 0) is 42.0 Å². The first-order valence-electron chi connectivity index (χ1n) is 10.6. The molecule has 1 aromatic heterocycles. The minimum absolute atomic E-state index is 0.0408. The number of hydrogen-bond acceptors (Lipinski definition) is 5. The van der Waals surface area contributed by atoms with E-state index < -0.39 is 5.97 Å². The number of piperazine rings is 1. The Morgan fingerprint density at radius 2 is 1.72 bits per heavy atom. The molecule has 3 aromatic rings. The molecule has 0 unspecified atom stereocenters. The first-order valence-corrected chi connectivity index (χ1v) is 10.6. The Morgan fingerprint density at radius 3 is 2.44 bits per heavy atom. The quantitative estimate of drug-likeness (QED) is 0.646. The molecule has 1 fully saturated rings. The van der Waals surface area contributed by atoms with Crippen LogP contribution < -0.4 is 9.80 Å². The van der Waals surface area contributed by atoms with E-state index in [4.69, 9.17) is 0 Å². The molecule has 1 saturated heterocycles. The zero-order valence-electron chi connectivity index (χ0n) is 18.0. The molecular weight excluding hydrogens is 404 g/mol. The van der Waals surface area contributed by atoms with Crippen molar-refractivity contribution in [1.82, 2.24) is 9.88 Å². The summed E-state index contributed by atoms with van der Waals surface area (Å²) in [6.07, 6.45) is 1.63. The van der Waals surface area contributed by atoms with Crippen LogP contribution in [0.15, 0.2) is 72.9 Å². The molecule has 0 atom stereocenters. The number of nitrogens with zero attached hydrogens (tertiary/aromatic N) is 4. The molecule has 2 aromatic carbocycles. The van der Waals surface area contributed by atoms with Gasteiger partial charge >= 0.3 is 5.97 Å². The van der Waals surface area contributed by atoms with Crippen LogP contribution in [-0.4, -0.2) is 60.1 Å². The molecule has 4 rings (SSSR count). The van der Waals surface area contributed by atoms with Gasteiger partial charge in [0, 0.05) is 57.2 Å². The number of carbonyl (C=O) groups excluding carboxylic acids is 1. The summed E-state index contributed by atoms with van der Waals surface area (Å²) in [6, 6.07) is 20.5. The van der Waals surface area contributed by atoms with Crippen molar-refractivity contribution in [3.05, 3.63) is 89.6 Å². The van der Waals surface area contributed by atoms with Gasteiger partial charge in [-0.3, -0.25) is 9.69 Å². The number of rotatable bonds is 6. The number of benzene rings is 2. The Balaban J connectivity index is 1.39. The highest BCUT2D eigenvalue weighted by Crippen LogP contribution is 2.22. The predicted octanol–water partition coefficient (Wildman–Crippen LogP) is 3.38. The molecule has 1 N–H and O–H groups in total. The SMILES string of the molecule is CN(C(=O)c1ccccc1)c1cccc(CN2CCN(c3ncccc3C(=O)O)CC2)c1. The Hall–Kier alpha value is -3.71. The third-order valence-corrected chi connectivity index (χ3v) is 5.72. The molecule has 32 heavy (non-hydrogen) atoms. The molecule has 1 aliphatic rings. The van der Waals surface area contributed by atoms with Crippen molar-refractivity contribution in [2.24, 2.45) is 0 Å². The number of amides is 1. The molecule has 7 nitrogen and oxygen atoms in total. The smallest absolute Gasteiger partial charge is 0.339 e. The van der Waals surface area contributed by atoms with Gasteiger partial charge in [-0.2, -0.15) is 0 Å². The second-order valence-electron chi connectivity index (χ2n) is 7.84. The Labute approximate surface area is 187 Å². The van der Waals surface area contributed by atoms with Crippen molar-refractivity contribution in [1.29, 1.82) is 0 Å². The largest absolute Gasteiger partial charge is 0.478 e. The maximum Gasteiger partial charge on any atom is 0.339 e. The van der Waals surface area contributed by atoms with Gasteiger partial charge in [0.1, 0.15) is 11.4 Å². The molecule has 0 saturated carbocycles. The molecule has 0 spiro atoms. The van der Waals surface area contributed by atoms with E-state index in [1.54, 1.807) is 30.3 Å². The lowest BCUT2D eigenvalue weighted by Gasteiger charge is -2.36. The Morgan fingerprint density at radius 1 is 0.969 bits per heavy atom. The van der Waals surface area contributed by atoms with Crippen LogP contribution >= 0.6 is 0 Å². The summed E-state index contributed by atoms with van der Waals surface area (Å²) in [5.74, 6) is -0.467. The van der Waals surface area contributed by atoms with Crippen LogP contribution in [0.1, 0.15) is 26.3 Å². The Bertz CT molecular complexity index is 1100. The second-order valence-corrected chi connectivity index (χ2v) is 7.84. The fourth-order valence-electron chi connectivity index (χ4n) is 3.95. The molecule has 1 aliphatic heterocycles. The lowest BCUT2D eigenvalue weighted by Crippen LogP contribution is -2.46. The molecule has 1 amide bonds. The lowest BCUT2D eigenvalue weighted by atomic mass is 10.1. The minimum Gasteiger partial charge on any atom is -0.478 e. The standard InChI is InChI=1S/C25H26N4O3/c1-27(24(30)20-8-3-2-4-9-20)21-10-5-7-19(17-21)18-28-13-15-29(16-14-28)23-22(25(31)32)11-6-12-26-23/h2-12,17H,13-16,18H2,1H3,(H,31,32). The second kappa shape index (κ2) is 9.62. The van der Waals surface area contributed by atoms with Crippen molar-refractivity contribution in [2.45, 2.75) is 6.54 Å². The first kappa shape index (κ1) is 21.5. The van der Waals surface area contributed by atoms with Crippen LogP contribution in [0.25, 0.3) is 0 Å². The van der Waals surface area contributed by atoms with Gasteiger partial charge in [0.05, 0.1) is 0 Å². The van der Waals surface area contributed by atoms with E-state index in [0.29, 0.717) is 24.5 Å².